The lowest BCUT2D eigenvalue weighted by Gasteiger charge is -2.19. The highest BCUT2D eigenvalue weighted by Crippen LogP contribution is 2.29. The third-order valence-electron chi connectivity index (χ3n) is 5.49. The summed E-state index contributed by atoms with van der Waals surface area (Å²) in [5, 5.41) is 2.75. The van der Waals surface area contributed by atoms with Gasteiger partial charge in [-0.15, -0.1) is 0 Å². The van der Waals surface area contributed by atoms with Crippen LogP contribution in [0.4, 0.5) is 4.39 Å². The third-order valence-corrected chi connectivity index (χ3v) is 7.23. The van der Waals surface area contributed by atoms with E-state index in [1.165, 1.54) is 12.1 Å². The highest BCUT2D eigenvalue weighted by Gasteiger charge is 2.23. The highest BCUT2D eigenvalue weighted by molar-refractivity contribution is 7.89. The SMILES string of the molecule is Cc1c(C)c(C)c(S(=O)(=O)NCCC(=O)NCCc2ccc(F)cc2)c(C)c1C. The van der Waals surface area contributed by atoms with Gasteiger partial charge in [-0.2, -0.15) is 0 Å². The van der Waals surface area contributed by atoms with Gasteiger partial charge >= 0.3 is 0 Å². The van der Waals surface area contributed by atoms with Crippen molar-refractivity contribution in [2.24, 2.45) is 0 Å². The van der Waals surface area contributed by atoms with Gasteiger partial charge in [-0.05, 0) is 86.6 Å². The van der Waals surface area contributed by atoms with Gasteiger partial charge in [0.05, 0.1) is 4.90 Å². The van der Waals surface area contributed by atoms with Crippen molar-refractivity contribution in [3.8, 4) is 0 Å². The maximum absolute atomic E-state index is 12.9. The average molecular weight is 421 g/mol. The van der Waals surface area contributed by atoms with Crippen LogP contribution in [0, 0.1) is 40.4 Å². The summed E-state index contributed by atoms with van der Waals surface area (Å²) in [6, 6.07) is 6.10. The Hall–Kier alpha value is -2.25. The monoisotopic (exact) mass is 420 g/mol. The number of carbonyl (C=O) groups excluding carboxylic acids is 1. The van der Waals surface area contributed by atoms with Gasteiger partial charge in [0.15, 0.2) is 0 Å². The van der Waals surface area contributed by atoms with Gasteiger partial charge in [0, 0.05) is 19.5 Å². The Balaban J connectivity index is 1.91. The standard InChI is InChI=1S/C22H29FN2O3S/c1-14-15(2)17(4)22(18(5)16(14)3)29(27,28)25-13-11-21(26)24-12-10-19-6-8-20(23)9-7-19/h6-9,25H,10-13H2,1-5H3,(H,24,26). The maximum atomic E-state index is 12.9. The number of sulfonamides is 1. The summed E-state index contributed by atoms with van der Waals surface area (Å²) in [5.74, 6) is -0.533. The van der Waals surface area contributed by atoms with E-state index in [0.717, 1.165) is 33.4 Å². The van der Waals surface area contributed by atoms with E-state index in [9.17, 15) is 17.6 Å². The molecule has 0 aliphatic heterocycles. The molecule has 2 rings (SSSR count). The van der Waals surface area contributed by atoms with E-state index < -0.39 is 10.0 Å². The summed E-state index contributed by atoms with van der Waals surface area (Å²) >= 11 is 0. The molecule has 158 valence electrons. The first-order valence-electron chi connectivity index (χ1n) is 9.62. The number of rotatable bonds is 8. The number of halogens is 1. The van der Waals surface area contributed by atoms with Crippen LogP contribution in [0.3, 0.4) is 0 Å². The number of hydrogen-bond donors (Lipinski definition) is 2. The fraction of sp³-hybridized carbons (Fsp3) is 0.409. The number of hydrogen-bond acceptors (Lipinski definition) is 3. The molecule has 2 aromatic rings. The van der Waals surface area contributed by atoms with Crippen molar-refractivity contribution < 1.29 is 17.6 Å². The number of carbonyl (C=O) groups is 1. The van der Waals surface area contributed by atoms with Crippen molar-refractivity contribution >= 4 is 15.9 Å². The van der Waals surface area contributed by atoms with Gasteiger partial charge in [0.2, 0.25) is 15.9 Å². The van der Waals surface area contributed by atoms with Crippen LogP contribution in [0.5, 0.6) is 0 Å². The van der Waals surface area contributed by atoms with Crippen molar-refractivity contribution in [3.05, 3.63) is 63.5 Å². The maximum Gasteiger partial charge on any atom is 0.241 e. The predicted molar refractivity (Wildman–Crippen MR) is 113 cm³/mol. The quantitative estimate of drug-likeness (QED) is 0.687. The van der Waals surface area contributed by atoms with E-state index in [-0.39, 0.29) is 24.7 Å². The minimum atomic E-state index is -3.71. The van der Waals surface area contributed by atoms with Gasteiger partial charge in [0.1, 0.15) is 5.82 Å². The van der Waals surface area contributed by atoms with E-state index in [1.807, 2.05) is 34.6 Å². The summed E-state index contributed by atoms with van der Waals surface area (Å²) in [5.41, 5.74) is 5.42. The molecule has 0 saturated heterocycles. The Morgan fingerprint density at radius 2 is 1.38 bits per heavy atom. The second-order valence-electron chi connectivity index (χ2n) is 7.33. The molecule has 0 fully saturated rings. The molecule has 0 aromatic heterocycles. The topological polar surface area (TPSA) is 75.3 Å². The minimum absolute atomic E-state index is 0.0234. The molecular formula is C22H29FN2O3S. The molecule has 0 radical (unpaired) electrons. The van der Waals surface area contributed by atoms with Gasteiger partial charge in [0.25, 0.3) is 0 Å². The van der Waals surface area contributed by atoms with Crippen LogP contribution in [-0.4, -0.2) is 27.4 Å². The molecule has 0 atom stereocenters. The fourth-order valence-corrected chi connectivity index (χ4v) is 4.95. The zero-order chi connectivity index (χ0) is 21.8. The molecule has 29 heavy (non-hydrogen) atoms. The molecule has 0 unspecified atom stereocenters. The molecule has 0 saturated carbocycles. The molecule has 0 spiro atoms. The lowest BCUT2D eigenvalue weighted by atomic mass is 9.95. The van der Waals surface area contributed by atoms with Crippen LogP contribution >= 0.6 is 0 Å². The molecule has 1 amide bonds. The molecular weight excluding hydrogens is 391 g/mol. The largest absolute Gasteiger partial charge is 0.356 e. The van der Waals surface area contributed by atoms with Crippen LogP contribution in [0.25, 0.3) is 0 Å². The first-order valence-corrected chi connectivity index (χ1v) is 11.1. The number of amides is 1. The Bertz CT molecular complexity index is 971. The van der Waals surface area contributed by atoms with Crippen LogP contribution in [-0.2, 0) is 21.2 Å². The average Bonchev–Trinajstić information content (AvgIpc) is 2.66. The van der Waals surface area contributed by atoms with Crippen LogP contribution < -0.4 is 10.0 Å². The second kappa shape index (κ2) is 9.50. The number of nitrogens with one attached hydrogen (secondary N) is 2. The smallest absolute Gasteiger partial charge is 0.241 e. The van der Waals surface area contributed by atoms with Gasteiger partial charge in [-0.3, -0.25) is 4.79 Å². The molecule has 0 aliphatic rings. The normalized spacial score (nSPS) is 11.5. The zero-order valence-electron chi connectivity index (χ0n) is 17.6. The van der Waals surface area contributed by atoms with Crippen molar-refractivity contribution in [3.63, 3.8) is 0 Å². The van der Waals surface area contributed by atoms with E-state index in [0.29, 0.717) is 17.9 Å². The van der Waals surface area contributed by atoms with E-state index in [4.69, 9.17) is 0 Å². The number of benzene rings is 2. The Kier molecular flexibility index (Phi) is 7.54. The first kappa shape index (κ1) is 23.0. The van der Waals surface area contributed by atoms with Crippen molar-refractivity contribution in [2.45, 2.75) is 52.4 Å². The van der Waals surface area contributed by atoms with Gasteiger partial charge in [-0.1, -0.05) is 12.1 Å². The van der Waals surface area contributed by atoms with Crippen LogP contribution in [0.15, 0.2) is 29.2 Å². The lowest BCUT2D eigenvalue weighted by molar-refractivity contribution is -0.120. The summed E-state index contributed by atoms with van der Waals surface area (Å²) in [6.07, 6.45) is 0.628. The molecule has 2 aromatic carbocycles. The van der Waals surface area contributed by atoms with Gasteiger partial charge < -0.3 is 5.32 Å². The van der Waals surface area contributed by atoms with Crippen LogP contribution in [0.2, 0.25) is 0 Å². The first-order chi connectivity index (χ1) is 13.5. The lowest BCUT2D eigenvalue weighted by Crippen LogP contribution is -2.32. The zero-order valence-corrected chi connectivity index (χ0v) is 18.5. The Labute approximate surface area is 172 Å². The minimum Gasteiger partial charge on any atom is -0.356 e. The molecule has 7 heteroatoms. The summed E-state index contributed by atoms with van der Waals surface area (Å²) < 4.78 is 41.1. The van der Waals surface area contributed by atoms with Crippen molar-refractivity contribution in [1.82, 2.24) is 10.0 Å². The second-order valence-corrected chi connectivity index (χ2v) is 9.03. The molecule has 0 aliphatic carbocycles. The Morgan fingerprint density at radius 3 is 1.93 bits per heavy atom. The fourth-order valence-electron chi connectivity index (χ4n) is 3.33. The third kappa shape index (κ3) is 5.64. The van der Waals surface area contributed by atoms with E-state index in [2.05, 4.69) is 10.0 Å². The van der Waals surface area contributed by atoms with E-state index in [1.54, 1.807) is 12.1 Å². The highest BCUT2D eigenvalue weighted by atomic mass is 32.2. The Morgan fingerprint density at radius 1 is 0.862 bits per heavy atom. The van der Waals surface area contributed by atoms with Gasteiger partial charge in [-0.25, -0.2) is 17.5 Å². The van der Waals surface area contributed by atoms with Crippen LogP contribution in [0.1, 0.15) is 39.8 Å². The summed E-state index contributed by atoms with van der Waals surface area (Å²) in [6.45, 7) is 9.89. The summed E-state index contributed by atoms with van der Waals surface area (Å²) in [7, 11) is -3.71. The molecule has 2 N–H and O–H groups in total. The molecule has 0 bridgehead atoms. The van der Waals surface area contributed by atoms with Crippen molar-refractivity contribution in [2.75, 3.05) is 13.1 Å². The molecule has 5 nitrogen and oxygen atoms in total. The van der Waals surface area contributed by atoms with Crippen molar-refractivity contribution in [1.29, 1.82) is 0 Å². The molecule has 0 heterocycles. The summed E-state index contributed by atoms with van der Waals surface area (Å²) in [4.78, 5) is 12.3. The van der Waals surface area contributed by atoms with E-state index >= 15 is 0 Å². The predicted octanol–water partition coefficient (Wildman–Crippen LogP) is 3.40.